The molecule has 0 saturated carbocycles. The molecule has 1 fully saturated rings. The molecule has 1 amide bonds. The summed E-state index contributed by atoms with van der Waals surface area (Å²) in [7, 11) is 0. The van der Waals surface area contributed by atoms with Crippen molar-refractivity contribution >= 4 is 11.9 Å². The third-order valence-corrected chi connectivity index (χ3v) is 11.1. The first-order valence-corrected chi connectivity index (χ1v) is 25.1. The Morgan fingerprint density at radius 2 is 1.17 bits per heavy atom. The first-order valence-electron chi connectivity index (χ1n) is 25.1. The molecule has 370 valence electrons. The van der Waals surface area contributed by atoms with Gasteiger partial charge in [0.15, 0.2) is 12.4 Å². The standard InChI is InChI=1S/C54H89NO10/c1-4-7-10-13-16-19-22-24-27-30-33-36-39-42-49(59)65-52-51(61)50(60)48(43-56)64-54(52)63-44-45(46(57)40-37-34-31-28-25-21-18-15-12-9-6-3)55-53(62)47(58)41-38-35-32-29-26-23-20-17-14-11-8-5-2/h8,11,14,17,20,23-24,26-27,29,32-33,35-37,40,45-48,50-52,54,56-58,60-61H,4-7,9-10,12-13,15-16,18-19,21-22,25,28,30-31,34,38-39,41-44H2,1-3H3,(H,55,62)/b11-8+,17-14+,23-20-,27-24-,29-26-,35-32+,36-33+,40-37+. The minimum absolute atomic E-state index is 0.00377. The summed E-state index contributed by atoms with van der Waals surface area (Å²) in [5, 5.41) is 56.3. The summed E-state index contributed by atoms with van der Waals surface area (Å²) >= 11 is 0. The minimum atomic E-state index is -1.65. The lowest BCUT2D eigenvalue weighted by Crippen LogP contribution is -2.61. The number of esters is 1. The molecule has 8 unspecified atom stereocenters. The first kappa shape index (κ1) is 59.6. The highest BCUT2D eigenvalue weighted by molar-refractivity contribution is 5.80. The van der Waals surface area contributed by atoms with Gasteiger partial charge in [-0.15, -0.1) is 0 Å². The number of ether oxygens (including phenoxy) is 3. The van der Waals surface area contributed by atoms with Crippen molar-refractivity contribution < 1.29 is 49.3 Å². The molecular formula is C54H89NO10. The van der Waals surface area contributed by atoms with Crippen molar-refractivity contribution in [3.8, 4) is 0 Å². The molecule has 1 heterocycles. The van der Waals surface area contributed by atoms with Crippen LogP contribution in [-0.2, 0) is 23.8 Å². The number of allylic oxidation sites excluding steroid dienone is 15. The molecule has 1 aliphatic rings. The maximum absolute atomic E-state index is 13.2. The molecule has 11 heteroatoms. The van der Waals surface area contributed by atoms with E-state index in [-0.39, 0.29) is 19.4 Å². The van der Waals surface area contributed by atoms with Gasteiger partial charge in [0.25, 0.3) is 0 Å². The lowest BCUT2D eigenvalue weighted by molar-refractivity contribution is -0.305. The second kappa shape index (κ2) is 42.0. The Morgan fingerprint density at radius 1 is 0.631 bits per heavy atom. The largest absolute Gasteiger partial charge is 0.454 e. The average Bonchev–Trinajstić information content (AvgIpc) is 3.30. The fraction of sp³-hybridized carbons (Fsp3) is 0.667. The van der Waals surface area contributed by atoms with E-state index in [1.165, 1.54) is 77.0 Å². The van der Waals surface area contributed by atoms with Gasteiger partial charge >= 0.3 is 5.97 Å². The van der Waals surface area contributed by atoms with Crippen LogP contribution in [0, 0.1) is 0 Å². The van der Waals surface area contributed by atoms with Crippen molar-refractivity contribution in [3.05, 3.63) is 97.2 Å². The van der Waals surface area contributed by atoms with E-state index in [2.05, 4.69) is 44.3 Å². The molecule has 11 nitrogen and oxygen atoms in total. The monoisotopic (exact) mass is 912 g/mol. The van der Waals surface area contributed by atoms with E-state index in [4.69, 9.17) is 14.2 Å². The fourth-order valence-corrected chi connectivity index (χ4v) is 7.08. The maximum Gasteiger partial charge on any atom is 0.306 e. The molecule has 6 N–H and O–H groups in total. The number of aliphatic hydroxyl groups is 5. The molecule has 65 heavy (non-hydrogen) atoms. The SMILES string of the molecule is CC/C=C/C=C/C=C\C=C/C=C/CCC(O)C(=O)NC(COC1OC(CO)C(O)C(O)C1OC(=O)CC/C=C/C/C=C\CCCCCCCC)C(O)/C=C/CCCCCCCCCCC. The maximum atomic E-state index is 13.2. The average molecular weight is 912 g/mol. The van der Waals surface area contributed by atoms with Gasteiger partial charge in [-0.1, -0.05) is 201 Å². The predicted molar refractivity (Wildman–Crippen MR) is 264 cm³/mol. The Labute approximate surface area is 393 Å². The van der Waals surface area contributed by atoms with E-state index in [9.17, 15) is 35.1 Å². The van der Waals surface area contributed by atoms with Gasteiger partial charge in [0.2, 0.25) is 5.91 Å². The number of unbranched alkanes of at least 4 members (excludes halogenated alkanes) is 15. The van der Waals surface area contributed by atoms with Crippen LogP contribution in [0.2, 0.25) is 0 Å². The van der Waals surface area contributed by atoms with Crippen LogP contribution < -0.4 is 5.32 Å². The van der Waals surface area contributed by atoms with E-state index in [0.717, 1.165) is 44.9 Å². The molecule has 0 bridgehead atoms. The first-order chi connectivity index (χ1) is 31.7. The van der Waals surface area contributed by atoms with Crippen LogP contribution in [0.4, 0.5) is 0 Å². The normalized spacial score (nSPS) is 21.1. The Balaban J connectivity index is 2.90. The summed E-state index contributed by atoms with van der Waals surface area (Å²) in [5.41, 5.74) is 0. The lowest BCUT2D eigenvalue weighted by atomic mass is 9.99. The Kier molecular flexibility index (Phi) is 38.5. The molecule has 0 aromatic heterocycles. The molecular weight excluding hydrogens is 823 g/mol. The van der Waals surface area contributed by atoms with Crippen LogP contribution in [0.15, 0.2) is 97.2 Å². The van der Waals surface area contributed by atoms with Crippen molar-refractivity contribution in [2.24, 2.45) is 0 Å². The minimum Gasteiger partial charge on any atom is -0.454 e. The van der Waals surface area contributed by atoms with E-state index in [1.807, 2.05) is 72.9 Å². The number of aliphatic hydroxyl groups excluding tert-OH is 5. The zero-order chi connectivity index (χ0) is 47.6. The van der Waals surface area contributed by atoms with Crippen LogP contribution in [0.25, 0.3) is 0 Å². The lowest BCUT2D eigenvalue weighted by Gasteiger charge is -2.41. The van der Waals surface area contributed by atoms with Crippen LogP contribution in [-0.4, -0.2) is 99.6 Å². The van der Waals surface area contributed by atoms with Crippen molar-refractivity contribution in [1.82, 2.24) is 5.32 Å². The summed E-state index contributed by atoms with van der Waals surface area (Å²) in [4.78, 5) is 26.2. The molecule has 1 rings (SSSR count). The van der Waals surface area contributed by atoms with Gasteiger partial charge < -0.3 is 45.1 Å². The molecule has 1 saturated heterocycles. The Bertz CT molecular complexity index is 1420. The van der Waals surface area contributed by atoms with Crippen molar-refractivity contribution in [2.75, 3.05) is 13.2 Å². The number of hydrogen-bond acceptors (Lipinski definition) is 10. The van der Waals surface area contributed by atoms with Gasteiger partial charge in [-0.2, -0.15) is 0 Å². The number of nitrogens with one attached hydrogen (secondary N) is 1. The smallest absolute Gasteiger partial charge is 0.306 e. The van der Waals surface area contributed by atoms with Crippen LogP contribution in [0.3, 0.4) is 0 Å². The highest BCUT2D eigenvalue weighted by atomic mass is 16.7. The summed E-state index contributed by atoms with van der Waals surface area (Å²) in [6, 6.07) is -1.07. The van der Waals surface area contributed by atoms with Crippen LogP contribution in [0.1, 0.15) is 168 Å². The Morgan fingerprint density at radius 3 is 1.75 bits per heavy atom. The number of amides is 1. The third kappa shape index (κ3) is 31.2. The topological polar surface area (TPSA) is 175 Å². The summed E-state index contributed by atoms with van der Waals surface area (Å²) in [5.74, 6) is -1.36. The fourth-order valence-electron chi connectivity index (χ4n) is 7.08. The molecule has 8 atom stereocenters. The highest BCUT2D eigenvalue weighted by Crippen LogP contribution is 2.26. The van der Waals surface area contributed by atoms with E-state index >= 15 is 0 Å². The molecule has 0 radical (unpaired) electrons. The molecule has 0 spiro atoms. The second-order valence-electron chi connectivity index (χ2n) is 16.9. The summed E-state index contributed by atoms with van der Waals surface area (Å²) in [6.07, 6.45) is 43.6. The van der Waals surface area contributed by atoms with Crippen LogP contribution in [0.5, 0.6) is 0 Å². The second-order valence-corrected chi connectivity index (χ2v) is 16.9. The zero-order valence-electron chi connectivity index (χ0n) is 40.3. The van der Waals surface area contributed by atoms with Gasteiger partial charge in [-0.25, -0.2) is 0 Å². The number of carbonyl (C=O) groups excluding carboxylic acids is 2. The Hall–Kier alpha value is -3.42. The summed E-state index contributed by atoms with van der Waals surface area (Å²) in [6.45, 7) is 5.49. The van der Waals surface area contributed by atoms with Gasteiger partial charge in [0.05, 0.1) is 25.4 Å². The van der Waals surface area contributed by atoms with Gasteiger partial charge in [0, 0.05) is 6.42 Å². The van der Waals surface area contributed by atoms with Crippen LogP contribution >= 0.6 is 0 Å². The number of hydrogen-bond donors (Lipinski definition) is 6. The van der Waals surface area contributed by atoms with E-state index in [1.54, 1.807) is 6.08 Å². The van der Waals surface area contributed by atoms with Gasteiger partial charge in [0.1, 0.15) is 24.4 Å². The number of rotatable bonds is 39. The molecule has 1 aliphatic heterocycles. The van der Waals surface area contributed by atoms with E-state index < -0.39 is 67.4 Å². The van der Waals surface area contributed by atoms with Gasteiger partial charge in [-0.05, 0) is 57.8 Å². The van der Waals surface area contributed by atoms with Crippen molar-refractivity contribution in [3.63, 3.8) is 0 Å². The van der Waals surface area contributed by atoms with Gasteiger partial charge in [-0.3, -0.25) is 9.59 Å². The van der Waals surface area contributed by atoms with E-state index in [0.29, 0.717) is 12.8 Å². The zero-order valence-corrected chi connectivity index (χ0v) is 40.3. The highest BCUT2D eigenvalue weighted by Gasteiger charge is 2.47. The summed E-state index contributed by atoms with van der Waals surface area (Å²) < 4.78 is 17.4. The van der Waals surface area contributed by atoms with Crippen molar-refractivity contribution in [1.29, 1.82) is 0 Å². The quantitative estimate of drug-likeness (QED) is 0.0151. The predicted octanol–water partition coefficient (Wildman–Crippen LogP) is 10.0. The third-order valence-electron chi connectivity index (χ3n) is 11.1. The molecule has 0 aromatic rings. The molecule has 0 aliphatic carbocycles. The van der Waals surface area contributed by atoms with Crippen molar-refractivity contribution in [2.45, 2.75) is 217 Å². The number of carbonyl (C=O) groups is 2. The molecule has 0 aromatic carbocycles.